The van der Waals surface area contributed by atoms with E-state index < -0.39 is 31.5 Å². The molecule has 3 saturated heterocycles. The van der Waals surface area contributed by atoms with E-state index in [1.165, 1.54) is 42.7 Å². The predicted octanol–water partition coefficient (Wildman–Crippen LogP) is 4.10. The number of thiophene rings is 1. The lowest BCUT2D eigenvalue weighted by Gasteiger charge is -2.43. The van der Waals surface area contributed by atoms with Gasteiger partial charge in [-0.25, -0.2) is 8.78 Å². The van der Waals surface area contributed by atoms with Gasteiger partial charge in [0.15, 0.2) is 0 Å². The van der Waals surface area contributed by atoms with Crippen molar-refractivity contribution in [2.45, 2.75) is 62.1 Å². The molecule has 4 fully saturated rings. The number of likely N-dealkylation sites (tertiary alicyclic amines) is 1. The average molecular weight is 645 g/mol. The van der Waals surface area contributed by atoms with E-state index in [0.29, 0.717) is 59.8 Å². The van der Waals surface area contributed by atoms with Gasteiger partial charge < -0.3 is 24.9 Å². The van der Waals surface area contributed by atoms with Gasteiger partial charge in [-0.15, -0.1) is 11.3 Å². The average Bonchev–Trinajstić information content (AvgIpc) is 3.33. The number of carbonyl (C=O) groups excluding carboxylic acids is 3. The lowest BCUT2D eigenvalue weighted by atomic mass is 9.91. The maximum Gasteiger partial charge on any atom is 0.363 e. The van der Waals surface area contributed by atoms with Crippen molar-refractivity contribution in [1.82, 2.24) is 20.1 Å². The Morgan fingerprint density at radius 2 is 1.86 bits per heavy atom. The second kappa shape index (κ2) is 11.0. The first kappa shape index (κ1) is 29.5. The first-order valence-corrected chi connectivity index (χ1v) is 17.2. The standard InChI is InChI=1S/C30H31F2N4O6PS/c31-22-5-6-33-12-21(22)19-13-35(14-19)30(39)24-3-2-20-9-16-8-17(16)10-23(29(38)36(20)24)34-28(37)26-11-18-7-15(1-4-25(18)44-26)27(32)43(40,41)42/h1,4-7,11-12,16-17,19-20,23-24,27H,2-3,8-10,13-14H2,(H,34,37)(H2,40,41,42)/t16-,17+,20-,23+,24+,27?/m1/s1. The van der Waals surface area contributed by atoms with Gasteiger partial charge in [-0.3, -0.25) is 23.9 Å². The van der Waals surface area contributed by atoms with Crippen molar-refractivity contribution in [2.75, 3.05) is 13.1 Å². The number of aromatic nitrogens is 1. The third-order valence-corrected chi connectivity index (χ3v) is 11.6. The Labute approximate surface area is 255 Å². The second-order valence-corrected chi connectivity index (χ2v) is 15.1. The van der Waals surface area contributed by atoms with Crippen LogP contribution in [0.5, 0.6) is 0 Å². The highest BCUT2D eigenvalue weighted by Gasteiger charge is 2.52. The molecular formula is C30H31F2N4O6PS. The molecule has 3 N–H and O–H groups in total. The number of nitrogens with zero attached hydrogens (tertiary/aromatic N) is 3. The van der Waals surface area contributed by atoms with Crippen molar-refractivity contribution in [1.29, 1.82) is 0 Å². The highest BCUT2D eigenvalue weighted by molar-refractivity contribution is 7.51. The third kappa shape index (κ3) is 5.33. The Kier molecular flexibility index (Phi) is 7.35. The van der Waals surface area contributed by atoms with Crippen LogP contribution in [0.3, 0.4) is 0 Å². The minimum Gasteiger partial charge on any atom is -0.340 e. The maximum atomic E-state index is 14.3. The summed E-state index contributed by atoms with van der Waals surface area (Å²) in [5, 5.41) is 3.37. The van der Waals surface area contributed by atoms with Gasteiger partial charge in [0.1, 0.15) is 17.9 Å². The van der Waals surface area contributed by atoms with Gasteiger partial charge in [-0.2, -0.15) is 0 Å². The van der Waals surface area contributed by atoms with Crippen LogP contribution in [0.1, 0.15) is 64.7 Å². The largest absolute Gasteiger partial charge is 0.363 e. The van der Waals surface area contributed by atoms with Crippen molar-refractivity contribution in [2.24, 2.45) is 11.8 Å². The van der Waals surface area contributed by atoms with Crippen LogP contribution in [0, 0.1) is 17.7 Å². The Hall–Kier alpha value is -3.25. The number of hydrogen-bond donors (Lipinski definition) is 3. The van der Waals surface area contributed by atoms with Crippen LogP contribution in [-0.4, -0.2) is 73.5 Å². The van der Waals surface area contributed by atoms with Gasteiger partial charge in [0.25, 0.3) is 5.91 Å². The molecule has 1 aromatic carbocycles. The normalized spacial score (nSPS) is 27.6. The molecule has 1 saturated carbocycles. The van der Waals surface area contributed by atoms with Gasteiger partial charge in [-0.05, 0) is 79.2 Å². The number of halogens is 2. The molecule has 2 aromatic heterocycles. The van der Waals surface area contributed by atoms with Crippen molar-refractivity contribution in [3.63, 3.8) is 0 Å². The van der Waals surface area contributed by atoms with Crippen molar-refractivity contribution < 1.29 is 37.5 Å². The molecule has 232 valence electrons. The number of hydrogen-bond acceptors (Lipinski definition) is 6. The van der Waals surface area contributed by atoms with E-state index in [9.17, 15) is 37.5 Å². The van der Waals surface area contributed by atoms with Crippen LogP contribution < -0.4 is 5.32 Å². The lowest BCUT2D eigenvalue weighted by Crippen LogP contribution is -2.59. The molecule has 5 heterocycles. The van der Waals surface area contributed by atoms with E-state index in [0.717, 1.165) is 24.2 Å². The smallest absolute Gasteiger partial charge is 0.340 e. The van der Waals surface area contributed by atoms with Crippen LogP contribution in [0.25, 0.3) is 10.1 Å². The van der Waals surface area contributed by atoms with E-state index in [1.54, 1.807) is 9.80 Å². The molecule has 1 unspecified atom stereocenters. The molecule has 0 radical (unpaired) electrons. The van der Waals surface area contributed by atoms with Gasteiger partial charge in [-0.1, -0.05) is 6.07 Å². The Morgan fingerprint density at radius 3 is 2.61 bits per heavy atom. The van der Waals surface area contributed by atoms with Gasteiger partial charge in [0.2, 0.25) is 17.7 Å². The number of benzene rings is 1. The summed E-state index contributed by atoms with van der Waals surface area (Å²) in [5.74, 6) is -3.09. The fourth-order valence-corrected chi connectivity index (χ4v) is 8.63. The highest BCUT2D eigenvalue weighted by Crippen LogP contribution is 2.53. The van der Waals surface area contributed by atoms with Crippen LogP contribution >= 0.6 is 18.9 Å². The molecule has 7 rings (SSSR count). The third-order valence-electron chi connectivity index (χ3n) is 9.59. The molecular weight excluding hydrogens is 613 g/mol. The summed E-state index contributed by atoms with van der Waals surface area (Å²) in [5.41, 5.74) is 0.301. The summed E-state index contributed by atoms with van der Waals surface area (Å²) in [6, 6.07) is 5.42. The summed E-state index contributed by atoms with van der Waals surface area (Å²) in [4.78, 5) is 67.2. The fraction of sp³-hybridized carbons (Fsp3) is 0.467. The minimum atomic E-state index is -4.98. The molecule has 0 spiro atoms. The van der Waals surface area contributed by atoms with Crippen molar-refractivity contribution in [3.8, 4) is 0 Å². The molecule has 44 heavy (non-hydrogen) atoms. The molecule has 4 aliphatic rings. The summed E-state index contributed by atoms with van der Waals surface area (Å²) >= 11 is 1.14. The zero-order valence-corrected chi connectivity index (χ0v) is 25.2. The Bertz CT molecular complexity index is 1710. The van der Waals surface area contributed by atoms with E-state index in [2.05, 4.69) is 10.3 Å². The zero-order chi connectivity index (χ0) is 30.9. The van der Waals surface area contributed by atoms with Crippen LogP contribution in [0.2, 0.25) is 0 Å². The van der Waals surface area contributed by atoms with E-state index >= 15 is 0 Å². The quantitative estimate of drug-likeness (QED) is 0.344. The van der Waals surface area contributed by atoms with Gasteiger partial charge in [0.05, 0.1) is 4.88 Å². The van der Waals surface area contributed by atoms with Crippen LogP contribution in [0.15, 0.2) is 42.7 Å². The Balaban J connectivity index is 1.07. The molecule has 3 amide bonds. The van der Waals surface area contributed by atoms with Crippen molar-refractivity contribution >= 4 is 46.7 Å². The first-order chi connectivity index (χ1) is 21.0. The predicted molar refractivity (Wildman–Crippen MR) is 157 cm³/mol. The van der Waals surface area contributed by atoms with Crippen LogP contribution in [0.4, 0.5) is 8.78 Å². The van der Waals surface area contributed by atoms with Gasteiger partial charge >= 0.3 is 7.60 Å². The summed E-state index contributed by atoms with van der Waals surface area (Å²) in [6.45, 7) is 0.723. The minimum absolute atomic E-state index is 0.0792. The number of amides is 3. The molecule has 1 aliphatic carbocycles. The summed E-state index contributed by atoms with van der Waals surface area (Å²) in [6.07, 6.45) is 6.42. The topological polar surface area (TPSA) is 140 Å². The zero-order valence-electron chi connectivity index (χ0n) is 23.5. The molecule has 3 aromatic rings. The molecule has 0 bridgehead atoms. The highest BCUT2D eigenvalue weighted by atomic mass is 32.1. The number of pyridine rings is 1. The van der Waals surface area contributed by atoms with Gasteiger partial charge in [0, 0.05) is 47.7 Å². The first-order valence-electron chi connectivity index (χ1n) is 14.7. The molecule has 14 heteroatoms. The fourth-order valence-electron chi connectivity index (χ4n) is 7.13. The second-order valence-electron chi connectivity index (χ2n) is 12.4. The maximum absolute atomic E-state index is 14.3. The number of nitrogens with one attached hydrogen (secondary N) is 1. The van der Waals surface area contributed by atoms with E-state index in [1.807, 2.05) is 0 Å². The number of carbonyl (C=O) groups is 3. The number of rotatable bonds is 6. The molecule has 6 atom stereocenters. The monoisotopic (exact) mass is 644 g/mol. The van der Waals surface area contributed by atoms with Crippen molar-refractivity contribution in [3.05, 3.63) is 64.5 Å². The molecule has 10 nitrogen and oxygen atoms in total. The van der Waals surface area contributed by atoms with E-state index in [4.69, 9.17) is 0 Å². The van der Waals surface area contributed by atoms with E-state index in [-0.39, 0.29) is 40.0 Å². The van der Waals surface area contributed by atoms with Crippen LogP contribution in [-0.2, 0) is 14.2 Å². The Morgan fingerprint density at radius 1 is 1.09 bits per heavy atom. The molecule has 3 aliphatic heterocycles. The lowest BCUT2D eigenvalue weighted by molar-refractivity contribution is -0.149. The SMILES string of the molecule is O=C(N[C@H]1C[C@@H]2C[C@@H]2C[C@H]2CC[C@@H](C(=O)N3CC(c4cnccc4F)C3)N2C1=O)c1cc2cc(C(F)P(=O)(O)O)ccc2s1. The number of alkyl halides is 1. The number of fused-ring (bicyclic) bond motifs is 3. The summed E-state index contributed by atoms with van der Waals surface area (Å²) in [7, 11) is -4.98. The summed E-state index contributed by atoms with van der Waals surface area (Å²) < 4.78 is 40.5.